The molecule has 1 aromatic heterocycles. The van der Waals surface area contributed by atoms with Gasteiger partial charge in [0.15, 0.2) is 0 Å². The number of nitrogens with one attached hydrogen (secondary N) is 1. The van der Waals surface area contributed by atoms with E-state index in [0.717, 1.165) is 38.0 Å². The van der Waals surface area contributed by atoms with Crippen LogP contribution in [0.3, 0.4) is 0 Å². The van der Waals surface area contributed by atoms with Crippen molar-refractivity contribution in [2.24, 2.45) is 0 Å². The lowest BCUT2D eigenvalue weighted by Gasteiger charge is -2.27. The van der Waals surface area contributed by atoms with Crippen LogP contribution >= 0.6 is 0 Å². The minimum atomic E-state index is -0.102. The highest BCUT2D eigenvalue weighted by Crippen LogP contribution is 2.45. The second-order valence-corrected chi connectivity index (χ2v) is 6.66. The second kappa shape index (κ2) is 5.61. The average molecular weight is 325 g/mol. The van der Waals surface area contributed by atoms with Gasteiger partial charge in [0.05, 0.1) is 0 Å². The Morgan fingerprint density at radius 3 is 2.83 bits per heavy atom. The summed E-state index contributed by atoms with van der Waals surface area (Å²) in [6.45, 7) is 6.80. The first kappa shape index (κ1) is 15.2. The molecule has 1 amide bonds. The van der Waals surface area contributed by atoms with Gasteiger partial charge in [-0.05, 0) is 30.9 Å². The molecule has 0 fully saturated rings. The van der Waals surface area contributed by atoms with Crippen LogP contribution in [0.4, 0.5) is 11.6 Å². The summed E-state index contributed by atoms with van der Waals surface area (Å²) in [5, 5.41) is 7.62. The first-order chi connectivity index (χ1) is 11.7. The van der Waals surface area contributed by atoms with E-state index in [9.17, 15) is 4.79 Å². The van der Waals surface area contributed by atoms with Gasteiger partial charge in [-0.2, -0.15) is 4.98 Å². The molecule has 0 bridgehead atoms. The quantitative estimate of drug-likeness (QED) is 0.942. The Morgan fingerprint density at radius 1 is 1.29 bits per heavy atom. The molecule has 0 aliphatic carbocycles. The smallest absolute Gasteiger partial charge is 0.298 e. The second-order valence-electron chi connectivity index (χ2n) is 6.66. The van der Waals surface area contributed by atoms with Crippen LogP contribution in [0.15, 0.2) is 24.3 Å². The maximum absolute atomic E-state index is 13.1. The number of amides is 1. The third-order valence-corrected chi connectivity index (χ3v) is 5.52. The van der Waals surface area contributed by atoms with Crippen molar-refractivity contribution in [2.75, 3.05) is 23.3 Å². The summed E-state index contributed by atoms with van der Waals surface area (Å²) in [6.07, 6.45) is 3.03. The molecule has 4 rings (SSSR count). The summed E-state index contributed by atoms with van der Waals surface area (Å²) in [7, 11) is 0. The highest BCUT2D eigenvalue weighted by atomic mass is 16.2. The van der Waals surface area contributed by atoms with Crippen molar-refractivity contribution in [3.8, 4) is 0 Å². The number of carbonyl (C=O) groups excluding carboxylic acids is 1. The van der Waals surface area contributed by atoms with Crippen molar-refractivity contribution >= 4 is 17.5 Å². The lowest BCUT2D eigenvalue weighted by molar-refractivity contribution is 0.0974. The molecule has 0 saturated carbocycles. The highest BCUT2D eigenvalue weighted by molar-refractivity contribution is 6.05. The van der Waals surface area contributed by atoms with Crippen LogP contribution in [-0.4, -0.2) is 33.8 Å². The van der Waals surface area contributed by atoms with Crippen molar-refractivity contribution in [3.63, 3.8) is 0 Å². The van der Waals surface area contributed by atoms with Gasteiger partial charge in [0.1, 0.15) is 0 Å². The largest absolute Gasteiger partial charge is 0.354 e. The number of aromatic nitrogens is 3. The Bertz CT molecular complexity index is 754. The molecule has 6 nitrogen and oxygen atoms in total. The van der Waals surface area contributed by atoms with Crippen molar-refractivity contribution in [1.82, 2.24) is 14.8 Å². The van der Waals surface area contributed by atoms with E-state index in [4.69, 9.17) is 0 Å². The fourth-order valence-electron chi connectivity index (χ4n) is 3.94. The molecule has 126 valence electrons. The summed E-state index contributed by atoms with van der Waals surface area (Å²) >= 11 is 0. The number of anilines is 2. The zero-order valence-electron chi connectivity index (χ0n) is 14.2. The Balaban J connectivity index is 1.72. The number of benzene rings is 1. The Morgan fingerprint density at radius 2 is 2.08 bits per heavy atom. The number of aryl methyl sites for hydroxylation is 1. The Labute approximate surface area is 141 Å². The van der Waals surface area contributed by atoms with E-state index < -0.39 is 0 Å². The molecule has 6 heteroatoms. The van der Waals surface area contributed by atoms with Crippen molar-refractivity contribution in [2.45, 2.75) is 45.1 Å². The minimum absolute atomic E-state index is 0.0316. The fraction of sp³-hybridized carbons (Fsp3) is 0.500. The molecule has 2 aliphatic heterocycles. The van der Waals surface area contributed by atoms with Crippen LogP contribution in [0.2, 0.25) is 0 Å². The van der Waals surface area contributed by atoms with E-state index in [-0.39, 0.29) is 17.1 Å². The molecule has 0 unspecified atom stereocenters. The zero-order valence-corrected chi connectivity index (χ0v) is 14.2. The van der Waals surface area contributed by atoms with Crippen LogP contribution in [0, 0.1) is 0 Å². The third kappa shape index (κ3) is 2.12. The fourth-order valence-corrected chi connectivity index (χ4v) is 3.94. The topological polar surface area (TPSA) is 63.1 Å². The molecule has 24 heavy (non-hydrogen) atoms. The van der Waals surface area contributed by atoms with Crippen LogP contribution in [0.5, 0.6) is 0 Å². The van der Waals surface area contributed by atoms with Gasteiger partial charge in [-0.15, -0.1) is 5.10 Å². The van der Waals surface area contributed by atoms with E-state index in [1.165, 1.54) is 5.56 Å². The standard InChI is InChI=1S/C18H23N5O/c1-3-18(4-2)12-22(14-9-6-5-8-13(14)18)16(24)15-20-17-19-10-7-11-23(17)21-15/h5-6,8-9H,3-4,7,10-12H2,1-2H3,(H,19,20,21). The van der Waals surface area contributed by atoms with Gasteiger partial charge >= 0.3 is 0 Å². The lowest BCUT2D eigenvalue weighted by Crippen LogP contribution is -2.37. The number of hydrogen-bond donors (Lipinski definition) is 1. The van der Waals surface area contributed by atoms with Crippen molar-refractivity contribution in [1.29, 1.82) is 0 Å². The molecule has 0 radical (unpaired) electrons. The van der Waals surface area contributed by atoms with E-state index in [1.54, 1.807) is 4.68 Å². The van der Waals surface area contributed by atoms with Crippen LogP contribution in [0.1, 0.15) is 49.3 Å². The first-order valence-corrected chi connectivity index (χ1v) is 8.78. The maximum Gasteiger partial charge on any atom is 0.298 e. The summed E-state index contributed by atoms with van der Waals surface area (Å²) in [5.74, 6) is 0.890. The number of hydrogen-bond acceptors (Lipinski definition) is 4. The Hall–Kier alpha value is -2.37. The van der Waals surface area contributed by atoms with Crippen LogP contribution < -0.4 is 10.2 Å². The van der Waals surface area contributed by atoms with Crippen molar-refractivity contribution in [3.05, 3.63) is 35.7 Å². The predicted octanol–water partition coefficient (Wildman–Crippen LogP) is 2.81. The molecular weight excluding hydrogens is 302 g/mol. The monoisotopic (exact) mass is 325 g/mol. The molecule has 3 heterocycles. The summed E-state index contributed by atoms with van der Waals surface area (Å²) in [6, 6.07) is 8.25. The highest BCUT2D eigenvalue weighted by Gasteiger charge is 2.43. The van der Waals surface area contributed by atoms with E-state index >= 15 is 0 Å². The third-order valence-electron chi connectivity index (χ3n) is 5.52. The van der Waals surface area contributed by atoms with Crippen LogP contribution in [-0.2, 0) is 12.0 Å². The number of nitrogens with zero attached hydrogens (tertiary/aromatic N) is 4. The summed E-state index contributed by atoms with van der Waals surface area (Å²) < 4.78 is 1.80. The summed E-state index contributed by atoms with van der Waals surface area (Å²) in [4.78, 5) is 19.4. The number of carbonyl (C=O) groups is 1. The molecular formula is C18H23N5O. The van der Waals surface area contributed by atoms with Gasteiger partial charge < -0.3 is 10.2 Å². The minimum Gasteiger partial charge on any atom is -0.354 e. The number of fused-ring (bicyclic) bond motifs is 2. The number of rotatable bonds is 3. The van der Waals surface area contributed by atoms with Gasteiger partial charge in [0.25, 0.3) is 5.91 Å². The first-order valence-electron chi connectivity index (χ1n) is 8.78. The molecule has 0 spiro atoms. The van der Waals surface area contributed by atoms with Crippen molar-refractivity contribution < 1.29 is 4.79 Å². The van der Waals surface area contributed by atoms with Gasteiger partial charge in [0, 0.05) is 30.7 Å². The molecule has 0 atom stereocenters. The van der Waals surface area contributed by atoms with Crippen LogP contribution in [0.25, 0.3) is 0 Å². The molecule has 2 aliphatic rings. The van der Waals surface area contributed by atoms with Gasteiger partial charge in [-0.3, -0.25) is 4.79 Å². The van der Waals surface area contributed by atoms with E-state index in [0.29, 0.717) is 12.5 Å². The SMILES string of the molecule is CCC1(CC)CN(C(=O)c2nc3n(n2)CCCN3)c2ccccc21. The number of para-hydroxylation sites is 1. The van der Waals surface area contributed by atoms with Gasteiger partial charge in [-0.25, -0.2) is 4.68 Å². The normalized spacial score (nSPS) is 18.0. The predicted molar refractivity (Wildman–Crippen MR) is 93.5 cm³/mol. The van der Waals surface area contributed by atoms with E-state index in [1.807, 2.05) is 17.0 Å². The Kier molecular flexibility index (Phi) is 3.55. The molecule has 1 N–H and O–H groups in total. The molecule has 1 aromatic carbocycles. The van der Waals surface area contributed by atoms with E-state index in [2.05, 4.69) is 41.4 Å². The lowest BCUT2D eigenvalue weighted by atomic mass is 9.78. The van der Waals surface area contributed by atoms with Gasteiger partial charge in [-0.1, -0.05) is 32.0 Å². The van der Waals surface area contributed by atoms with Gasteiger partial charge in [0.2, 0.25) is 11.8 Å². The average Bonchev–Trinajstić information content (AvgIpc) is 3.21. The summed E-state index contributed by atoms with van der Waals surface area (Å²) in [5.41, 5.74) is 2.31. The zero-order chi connectivity index (χ0) is 16.7. The molecule has 0 saturated heterocycles. The molecule has 2 aromatic rings. The maximum atomic E-state index is 13.1.